The summed E-state index contributed by atoms with van der Waals surface area (Å²) in [5, 5.41) is 3.00. The Morgan fingerprint density at radius 1 is 1.21 bits per heavy atom. The molecule has 1 heterocycles. The minimum Gasteiger partial charge on any atom is -0.494 e. The first kappa shape index (κ1) is 18.6. The maximum absolute atomic E-state index is 12.3. The Morgan fingerprint density at radius 2 is 1.92 bits per heavy atom. The smallest absolute Gasteiger partial charge is 0.317 e. The van der Waals surface area contributed by atoms with Gasteiger partial charge >= 0.3 is 6.03 Å². The van der Waals surface area contributed by atoms with Gasteiger partial charge in [-0.1, -0.05) is 18.2 Å². The molecule has 24 heavy (non-hydrogen) atoms. The van der Waals surface area contributed by atoms with E-state index in [1.807, 2.05) is 49.1 Å². The Balaban J connectivity index is 1.74. The van der Waals surface area contributed by atoms with Crippen molar-refractivity contribution in [1.82, 2.24) is 15.1 Å². The number of nitrogens with one attached hydrogen (secondary N) is 1. The van der Waals surface area contributed by atoms with Crippen LogP contribution in [0, 0.1) is 0 Å². The molecule has 0 aliphatic carbocycles. The molecule has 1 aromatic rings. The molecule has 1 N–H and O–H groups in total. The maximum atomic E-state index is 12.3. The second-order valence-corrected chi connectivity index (χ2v) is 6.96. The lowest BCUT2D eigenvalue weighted by Crippen LogP contribution is -2.60. The molecule has 0 aromatic heterocycles. The van der Waals surface area contributed by atoms with Crippen molar-refractivity contribution in [1.29, 1.82) is 0 Å². The molecule has 2 amide bonds. The fraction of sp³-hybridized carbons (Fsp3) is 0.632. The number of ether oxygens (including phenoxy) is 1. The summed E-state index contributed by atoms with van der Waals surface area (Å²) in [6, 6.07) is 10.8. The van der Waals surface area contributed by atoms with Crippen LogP contribution in [0.1, 0.15) is 34.1 Å². The van der Waals surface area contributed by atoms with Crippen LogP contribution in [0.5, 0.6) is 5.75 Å². The van der Waals surface area contributed by atoms with Crippen LogP contribution < -0.4 is 10.1 Å². The molecule has 0 radical (unpaired) electrons. The van der Waals surface area contributed by atoms with Crippen LogP contribution >= 0.6 is 0 Å². The number of para-hydroxylation sites is 1. The predicted octanol–water partition coefficient (Wildman–Crippen LogP) is 2.97. The quantitative estimate of drug-likeness (QED) is 0.814. The summed E-state index contributed by atoms with van der Waals surface area (Å²) in [6.45, 7) is 11.7. The van der Waals surface area contributed by atoms with Crippen LogP contribution in [0.2, 0.25) is 0 Å². The van der Waals surface area contributed by atoms with Gasteiger partial charge < -0.3 is 15.0 Å². The maximum Gasteiger partial charge on any atom is 0.317 e. The van der Waals surface area contributed by atoms with Gasteiger partial charge in [0.15, 0.2) is 0 Å². The van der Waals surface area contributed by atoms with Gasteiger partial charge in [0.1, 0.15) is 5.75 Å². The standard InChI is InChI=1S/C19H31N3O2/c1-15(2)20-19(23)22-14-16(3)21(13-17(22)4)11-8-12-24-18-9-6-5-7-10-18/h5-7,9-10,15-17H,8,11-14H2,1-4H3,(H,20,23)/t16-,17+/m1/s1. The van der Waals surface area contributed by atoms with E-state index in [-0.39, 0.29) is 18.1 Å². The van der Waals surface area contributed by atoms with Crippen molar-refractivity contribution in [3.63, 3.8) is 0 Å². The fourth-order valence-corrected chi connectivity index (χ4v) is 3.10. The van der Waals surface area contributed by atoms with Gasteiger partial charge in [-0.15, -0.1) is 0 Å². The molecule has 2 atom stereocenters. The molecule has 1 saturated heterocycles. The highest BCUT2D eigenvalue weighted by Gasteiger charge is 2.31. The Bertz CT molecular complexity index is 507. The van der Waals surface area contributed by atoms with Crippen molar-refractivity contribution >= 4 is 6.03 Å². The Labute approximate surface area is 146 Å². The zero-order valence-electron chi connectivity index (χ0n) is 15.4. The third-order valence-electron chi connectivity index (χ3n) is 4.39. The lowest BCUT2D eigenvalue weighted by atomic mass is 10.1. The van der Waals surface area contributed by atoms with Crippen molar-refractivity contribution in [2.75, 3.05) is 26.2 Å². The van der Waals surface area contributed by atoms with Gasteiger partial charge in [0.25, 0.3) is 0 Å². The number of carbonyl (C=O) groups is 1. The topological polar surface area (TPSA) is 44.8 Å². The second kappa shape index (κ2) is 8.92. The van der Waals surface area contributed by atoms with E-state index >= 15 is 0 Å². The fourth-order valence-electron chi connectivity index (χ4n) is 3.10. The second-order valence-electron chi connectivity index (χ2n) is 6.96. The average Bonchev–Trinajstić information content (AvgIpc) is 2.54. The van der Waals surface area contributed by atoms with Gasteiger partial charge in [-0.05, 0) is 46.2 Å². The molecule has 1 aliphatic rings. The number of piperazine rings is 1. The molecule has 0 saturated carbocycles. The highest BCUT2D eigenvalue weighted by Crippen LogP contribution is 2.16. The zero-order chi connectivity index (χ0) is 17.5. The monoisotopic (exact) mass is 333 g/mol. The van der Waals surface area contributed by atoms with Gasteiger partial charge in [-0.25, -0.2) is 4.79 Å². The zero-order valence-corrected chi connectivity index (χ0v) is 15.4. The minimum atomic E-state index is 0.0522. The van der Waals surface area contributed by atoms with Gasteiger partial charge in [0, 0.05) is 37.8 Å². The van der Waals surface area contributed by atoms with Crippen LogP contribution in [-0.2, 0) is 0 Å². The van der Waals surface area contributed by atoms with Crippen molar-refractivity contribution in [2.24, 2.45) is 0 Å². The molecule has 1 aromatic carbocycles. The molecule has 0 spiro atoms. The lowest BCUT2D eigenvalue weighted by Gasteiger charge is -2.44. The van der Waals surface area contributed by atoms with E-state index in [0.29, 0.717) is 6.04 Å². The molecule has 1 aliphatic heterocycles. The van der Waals surface area contributed by atoms with E-state index in [1.54, 1.807) is 0 Å². The van der Waals surface area contributed by atoms with Gasteiger partial charge in [-0.2, -0.15) is 0 Å². The molecule has 0 unspecified atom stereocenters. The number of urea groups is 1. The Hall–Kier alpha value is -1.75. The van der Waals surface area contributed by atoms with E-state index in [0.717, 1.165) is 38.4 Å². The highest BCUT2D eigenvalue weighted by atomic mass is 16.5. The molecular weight excluding hydrogens is 302 g/mol. The van der Waals surface area contributed by atoms with E-state index in [9.17, 15) is 4.79 Å². The largest absolute Gasteiger partial charge is 0.494 e. The molecule has 0 bridgehead atoms. The summed E-state index contributed by atoms with van der Waals surface area (Å²) in [5.41, 5.74) is 0. The molecule has 134 valence electrons. The van der Waals surface area contributed by atoms with Crippen molar-refractivity contribution in [3.8, 4) is 5.75 Å². The molecule has 5 heteroatoms. The number of hydrogen-bond donors (Lipinski definition) is 1. The average molecular weight is 333 g/mol. The lowest BCUT2D eigenvalue weighted by molar-refractivity contribution is 0.0592. The molecule has 2 rings (SSSR count). The van der Waals surface area contributed by atoms with Crippen LogP contribution in [0.15, 0.2) is 30.3 Å². The van der Waals surface area contributed by atoms with Gasteiger partial charge in [0.2, 0.25) is 0 Å². The van der Waals surface area contributed by atoms with E-state index < -0.39 is 0 Å². The van der Waals surface area contributed by atoms with Gasteiger partial charge in [0.05, 0.1) is 6.61 Å². The first-order valence-electron chi connectivity index (χ1n) is 8.96. The van der Waals surface area contributed by atoms with E-state index in [1.165, 1.54) is 0 Å². The Kier molecular flexibility index (Phi) is 6.91. The minimum absolute atomic E-state index is 0.0522. The summed E-state index contributed by atoms with van der Waals surface area (Å²) < 4.78 is 5.76. The third kappa shape index (κ3) is 5.41. The SMILES string of the molecule is CC(C)NC(=O)N1C[C@@H](C)N(CCCOc2ccccc2)C[C@@H]1C. The molecule has 1 fully saturated rings. The normalized spacial score (nSPS) is 21.8. The summed E-state index contributed by atoms with van der Waals surface area (Å²) in [5.74, 6) is 0.925. The van der Waals surface area contributed by atoms with Crippen LogP contribution in [0.25, 0.3) is 0 Å². The number of nitrogens with zero attached hydrogens (tertiary/aromatic N) is 2. The van der Waals surface area contributed by atoms with Crippen LogP contribution in [0.4, 0.5) is 4.79 Å². The molecule has 5 nitrogen and oxygen atoms in total. The van der Waals surface area contributed by atoms with Crippen LogP contribution in [0.3, 0.4) is 0 Å². The first-order chi connectivity index (χ1) is 11.5. The molecular formula is C19H31N3O2. The third-order valence-corrected chi connectivity index (χ3v) is 4.39. The number of amides is 2. The predicted molar refractivity (Wildman–Crippen MR) is 97.4 cm³/mol. The number of rotatable bonds is 6. The number of hydrogen-bond acceptors (Lipinski definition) is 3. The van der Waals surface area contributed by atoms with Crippen molar-refractivity contribution in [2.45, 2.75) is 52.2 Å². The van der Waals surface area contributed by atoms with Crippen molar-refractivity contribution in [3.05, 3.63) is 30.3 Å². The number of carbonyl (C=O) groups excluding carboxylic acids is 1. The number of benzene rings is 1. The summed E-state index contributed by atoms with van der Waals surface area (Å²) in [4.78, 5) is 16.7. The van der Waals surface area contributed by atoms with E-state index in [4.69, 9.17) is 4.74 Å². The summed E-state index contributed by atoms with van der Waals surface area (Å²) in [6.07, 6.45) is 0.990. The summed E-state index contributed by atoms with van der Waals surface area (Å²) in [7, 11) is 0. The van der Waals surface area contributed by atoms with Crippen molar-refractivity contribution < 1.29 is 9.53 Å². The first-order valence-corrected chi connectivity index (χ1v) is 8.96. The van der Waals surface area contributed by atoms with Crippen LogP contribution in [-0.4, -0.2) is 60.2 Å². The summed E-state index contributed by atoms with van der Waals surface area (Å²) >= 11 is 0. The van der Waals surface area contributed by atoms with E-state index in [2.05, 4.69) is 24.1 Å². The Morgan fingerprint density at radius 3 is 2.58 bits per heavy atom. The van der Waals surface area contributed by atoms with Gasteiger partial charge in [-0.3, -0.25) is 4.90 Å². The highest BCUT2D eigenvalue weighted by molar-refractivity contribution is 5.75.